The first kappa shape index (κ1) is 14.8. The van der Waals surface area contributed by atoms with Crippen molar-refractivity contribution in [3.63, 3.8) is 0 Å². The van der Waals surface area contributed by atoms with Gasteiger partial charge in [0.25, 0.3) is 0 Å². The van der Waals surface area contributed by atoms with Gasteiger partial charge in [-0.15, -0.1) is 11.8 Å². The van der Waals surface area contributed by atoms with Crippen LogP contribution in [0.2, 0.25) is 5.02 Å². The van der Waals surface area contributed by atoms with Gasteiger partial charge in [0, 0.05) is 6.42 Å². The van der Waals surface area contributed by atoms with Crippen LogP contribution in [0.4, 0.5) is 0 Å². The number of nitrogens with one attached hydrogen (secondary N) is 1. The number of fused-ring (bicyclic) bond motifs is 1. The maximum Gasteiger partial charge on any atom is 0.320 e. The number of carboxylic acid groups (broad SMARTS) is 1. The Labute approximate surface area is 131 Å². The lowest BCUT2D eigenvalue weighted by atomic mass is 10.1. The zero-order valence-corrected chi connectivity index (χ0v) is 12.9. The molecule has 1 aromatic carbocycles. The van der Waals surface area contributed by atoms with E-state index in [1.807, 2.05) is 12.1 Å². The second-order valence-electron chi connectivity index (χ2n) is 4.98. The van der Waals surface area contributed by atoms with Gasteiger partial charge in [-0.1, -0.05) is 11.6 Å². The van der Waals surface area contributed by atoms with Gasteiger partial charge in [0.1, 0.15) is 6.04 Å². The highest BCUT2D eigenvalue weighted by atomic mass is 35.5. The van der Waals surface area contributed by atoms with Gasteiger partial charge in [0.2, 0.25) is 0 Å². The maximum atomic E-state index is 11.1. The molecule has 0 bridgehead atoms. The van der Waals surface area contributed by atoms with Crippen molar-refractivity contribution in [3.8, 4) is 11.5 Å². The van der Waals surface area contributed by atoms with Crippen LogP contribution >= 0.6 is 23.4 Å². The number of halogens is 1. The second kappa shape index (κ2) is 6.34. The zero-order valence-electron chi connectivity index (χ0n) is 11.3. The topological polar surface area (TPSA) is 67.8 Å². The average molecular weight is 330 g/mol. The largest absolute Gasteiger partial charge is 0.489 e. The Balaban J connectivity index is 1.87. The number of hydrogen-bond acceptors (Lipinski definition) is 5. The van der Waals surface area contributed by atoms with Crippen LogP contribution in [0.3, 0.4) is 0 Å². The molecule has 1 aromatic rings. The van der Waals surface area contributed by atoms with Crippen LogP contribution in [0.15, 0.2) is 12.1 Å². The molecule has 1 saturated heterocycles. The minimum Gasteiger partial charge on any atom is -0.489 e. The van der Waals surface area contributed by atoms with Gasteiger partial charge >= 0.3 is 5.97 Å². The molecule has 2 heterocycles. The van der Waals surface area contributed by atoms with E-state index >= 15 is 0 Å². The van der Waals surface area contributed by atoms with Gasteiger partial charge in [0.15, 0.2) is 11.5 Å². The summed E-state index contributed by atoms with van der Waals surface area (Å²) < 4.78 is 11.3. The number of benzene rings is 1. The first-order valence-corrected chi connectivity index (χ1v) is 8.27. The van der Waals surface area contributed by atoms with Gasteiger partial charge in [-0.2, -0.15) is 0 Å². The summed E-state index contributed by atoms with van der Waals surface area (Å²) in [6.45, 7) is 1.18. The first-order chi connectivity index (χ1) is 10.1. The Morgan fingerprint density at radius 1 is 1.38 bits per heavy atom. The number of thioether (sulfide) groups is 1. The standard InChI is InChI=1S/C14H16ClNO4S/c15-9-6-8(7-11-12(9)20-4-1-3-19-11)13-16-10(14(17)18)2-5-21-13/h6-7,10,13,16H,1-5H2,(H,17,18). The van der Waals surface area contributed by atoms with Crippen LogP contribution in [0.1, 0.15) is 23.8 Å². The molecule has 114 valence electrons. The van der Waals surface area contributed by atoms with Crippen molar-refractivity contribution in [1.29, 1.82) is 0 Å². The molecule has 5 nitrogen and oxygen atoms in total. The Bertz CT molecular complexity index is 554. The van der Waals surface area contributed by atoms with Crippen LogP contribution in [-0.2, 0) is 4.79 Å². The molecule has 7 heteroatoms. The second-order valence-corrected chi connectivity index (χ2v) is 6.60. The molecule has 0 saturated carbocycles. The predicted molar refractivity (Wildman–Crippen MR) is 81.4 cm³/mol. The summed E-state index contributed by atoms with van der Waals surface area (Å²) in [6.07, 6.45) is 1.44. The van der Waals surface area contributed by atoms with Crippen LogP contribution < -0.4 is 14.8 Å². The first-order valence-electron chi connectivity index (χ1n) is 6.84. The van der Waals surface area contributed by atoms with E-state index in [1.54, 1.807) is 11.8 Å². The highest BCUT2D eigenvalue weighted by Gasteiger charge is 2.28. The predicted octanol–water partition coefficient (Wildman–Crippen LogP) is 2.68. The molecule has 3 rings (SSSR count). The number of carbonyl (C=O) groups is 1. The molecule has 0 amide bonds. The summed E-state index contributed by atoms with van der Waals surface area (Å²) in [4.78, 5) is 11.1. The smallest absolute Gasteiger partial charge is 0.320 e. The molecular weight excluding hydrogens is 314 g/mol. The Morgan fingerprint density at radius 3 is 3.00 bits per heavy atom. The normalized spacial score (nSPS) is 25.2. The third kappa shape index (κ3) is 3.22. The van der Waals surface area contributed by atoms with Gasteiger partial charge < -0.3 is 14.6 Å². The number of rotatable bonds is 2. The van der Waals surface area contributed by atoms with Gasteiger partial charge in [-0.25, -0.2) is 0 Å². The van der Waals surface area contributed by atoms with Gasteiger partial charge in [0.05, 0.1) is 23.6 Å². The van der Waals surface area contributed by atoms with Crippen molar-refractivity contribution in [1.82, 2.24) is 5.32 Å². The number of aliphatic carboxylic acids is 1. The van der Waals surface area contributed by atoms with Crippen LogP contribution in [0.25, 0.3) is 0 Å². The van der Waals surface area contributed by atoms with Crippen LogP contribution in [0, 0.1) is 0 Å². The molecule has 21 heavy (non-hydrogen) atoms. The Kier molecular flexibility index (Phi) is 4.47. The highest BCUT2D eigenvalue weighted by Crippen LogP contribution is 2.42. The van der Waals surface area contributed by atoms with E-state index in [0.717, 1.165) is 17.7 Å². The SMILES string of the molecule is O=C(O)C1CCSC(c2cc(Cl)c3c(c2)OCCCO3)N1. The van der Waals surface area contributed by atoms with E-state index in [2.05, 4.69) is 5.32 Å². The fourth-order valence-electron chi connectivity index (χ4n) is 2.41. The van der Waals surface area contributed by atoms with E-state index in [0.29, 0.717) is 36.2 Å². The van der Waals surface area contributed by atoms with Crippen molar-refractivity contribution in [2.24, 2.45) is 0 Å². The zero-order chi connectivity index (χ0) is 14.8. The molecular formula is C14H16ClNO4S. The van der Waals surface area contributed by atoms with E-state index in [4.69, 9.17) is 26.2 Å². The van der Waals surface area contributed by atoms with Crippen molar-refractivity contribution in [2.75, 3.05) is 19.0 Å². The van der Waals surface area contributed by atoms with E-state index in [1.165, 1.54) is 0 Å². The van der Waals surface area contributed by atoms with Crippen molar-refractivity contribution in [2.45, 2.75) is 24.3 Å². The third-order valence-electron chi connectivity index (χ3n) is 3.47. The minimum atomic E-state index is -0.819. The molecule has 2 aliphatic heterocycles. The lowest BCUT2D eigenvalue weighted by Gasteiger charge is -2.29. The summed E-state index contributed by atoms with van der Waals surface area (Å²) in [5.41, 5.74) is 0.917. The van der Waals surface area contributed by atoms with Gasteiger partial charge in [-0.05, 0) is 29.9 Å². The lowest BCUT2D eigenvalue weighted by molar-refractivity contribution is -0.139. The summed E-state index contributed by atoms with van der Waals surface area (Å²) in [5.74, 6) is 1.19. The molecule has 2 atom stereocenters. The van der Waals surface area contributed by atoms with Crippen LogP contribution in [0.5, 0.6) is 11.5 Å². The number of carboxylic acids is 1. The summed E-state index contributed by atoms with van der Waals surface area (Å²) >= 11 is 7.95. The lowest BCUT2D eigenvalue weighted by Crippen LogP contribution is -2.41. The van der Waals surface area contributed by atoms with E-state index < -0.39 is 12.0 Å². The van der Waals surface area contributed by atoms with E-state index in [9.17, 15) is 4.79 Å². The van der Waals surface area contributed by atoms with Gasteiger partial charge in [-0.3, -0.25) is 10.1 Å². The molecule has 2 aliphatic rings. The average Bonchev–Trinajstić information content (AvgIpc) is 2.73. The van der Waals surface area contributed by atoms with Crippen molar-refractivity contribution < 1.29 is 19.4 Å². The molecule has 1 fully saturated rings. The number of hydrogen-bond donors (Lipinski definition) is 2. The Hall–Kier alpha value is -1.11. The molecule has 2 N–H and O–H groups in total. The minimum absolute atomic E-state index is 0.102. The third-order valence-corrected chi connectivity index (χ3v) is 4.96. The quantitative estimate of drug-likeness (QED) is 0.869. The monoisotopic (exact) mass is 329 g/mol. The van der Waals surface area contributed by atoms with Crippen molar-refractivity contribution >= 4 is 29.3 Å². The fraction of sp³-hybridized carbons (Fsp3) is 0.500. The summed E-state index contributed by atoms with van der Waals surface area (Å²) in [7, 11) is 0. The summed E-state index contributed by atoms with van der Waals surface area (Å²) in [5, 5.41) is 12.7. The van der Waals surface area contributed by atoms with Crippen molar-refractivity contribution in [3.05, 3.63) is 22.7 Å². The molecule has 0 spiro atoms. The van der Waals surface area contributed by atoms with E-state index in [-0.39, 0.29) is 5.37 Å². The highest BCUT2D eigenvalue weighted by molar-refractivity contribution is 7.99. The number of ether oxygens (including phenoxy) is 2. The summed E-state index contributed by atoms with van der Waals surface area (Å²) in [6, 6.07) is 3.19. The Morgan fingerprint density at radius 2 is 2.19 bits per heavy atom. The fourth-order valence-corrected chi connectivity index (χ4v) is 3.88. The molecule has 0 aromatic heterocycles. The maximum absolute atomic E-state index is 11.1. The van der Waals surface area contributed by atoms with Crippen LogP contribution in [-0.4, -0.2) is 36.1 Å². The molecule has 2 unspecified atom stereocenters. The molecule has 0 aliphatic carbocycles. The molecule has 0 radical (unpaired) electrons.